The number of hydrogen-bond donors (Lipinski definition) is 1. The first kappa shape index (κ1) is 14.5. The van der Waals surface area contributed by atoms with Gasteiger partial charge in [0.25, 0.3) is 0 Å². The largest absolute Gasteiger partial charge is 0.338 e. The zero-order valence-electron chi connectivity index (χ0n) is 10.1. The molecular formula is C11H18ClN3OS2. The quantitative estimate of drug-likeness (QED) is 0.906. The Morgan fingerprint density at radius 3 is 2.72 bits per heavy atom. The van der Waals surface area contributed by atoms with E-state index in [-0.39, 0.29) is 17.9 Å². The molecule has 7 heteroatoms. The summed E-state index contributed by atoms with van der Waals surface area (Å²) < 4.78 is 5.41. The molecular weight excluding hydrogens is 290 g/mol. The van der Waals surface area contributed by atoms with Crippen molar-refractivity contribution >= 4 is 35.9 Å². The van der Waals surface area contributed by atoms with Crippen molar-refractivity contribution < 1.29 is 4.52 Å². The van der Waals surface area contributed by atoms with E-state index in [9.17, 15) is 0 Å². The van der Waals surface area contributed by atoms with Gasteiger partial charge in [-0.3, -0.25) is 0 Å². The van der Waals surface area contributed by atoms with Crippen molar-refractivity contribution in [3.63, 3.8) is 0 Å². The van der Waals surface area contributed by atoms with E-state index in [1.165, 1.54) is 24.3 Å². The van der Waals surface area contributed by atoms with E-state index < -0.39 is 0 Å². The summed E-state index contributed by atoms with van der Waals surface area (Å²) in [4.78, 5) is 4.55. The van der Waals surface area contributed by atoms with Crippen LogP contribution in [0.15, 0.2) is 4.52 Å². The highest BCUT2D eigenvalue weighted by atomic mass is 35.5. The Morgan fingerprint density at radius 1 is 1.28 bits per heavy atom. The van der Waals surface area contributed by atoms with Gasteiger partial charge in [0.2, 0.25) is 5.89 Å². The molecule has 2 fully saturated rings. The van der Waals surface area contributed by atoms with Crippen molar-refractivity contribution in [1.82, 2.24) is 10.1 Å². The molecule has 1 aliphatic carbocycles. The Hall–Kier alpha value is 0.0900. The van der Waals surface area contributed by atoms with Crippen molar-refractivity contribution in [2.45, 2.75) is 36.5 Å². The molecule has 2 heterocycles. The number of nitrogens with zero attached hydrogens (tertiary/aromatic N) is 2. The molecule has 2 aliphatic rings. The molecule has 3 rings (SSSR count). The molecule has 1 aromatic heterocycles. The second kappa shape index (κ2) is 6.03. The highest BCUT2D eigenvalue weighted by molar-refractivity contribution is 8.06. The second-order valence-electron chi connectivity index (χ2n) is 4.75. The number of nitrogens with two attached hydrogens (primary N) is 1. The van der Waals surface area contributed by atoms with Gasteiger partial charge in [0.15, 0.2) is 5.82 Å². The van der Waals surface area contributed by atoms with Crippen LogP contribution in [0.4, 0.5) is 0 Å². The smallest absolute Gasteiger partial charge is 0.240 e. The highest BCUT2D eigenvalue weighted by Crippen LogP contribution is 2.38. The maximum absolute atomic E-state index is 6.33. The number of rotatable bonds is 2. The highest BCUT2D eigenvalue weighted by Gasteiger charge is 2.36. The molecule has 1 unspecified atom stereocenters. The summed E-state index contributed by atoms with van der Waals surface area (Å²) in [5.41, 5.74) is 6.00. The number of hydrogen-bond acceptors (Lipinski definition) is 6. The fraction of sp³-hybridized carbons (Fsp3) is 0.818. The molecule has 18 heavy (non-hydrogen) atoms. The molecule has 102 valence electrons. The third-order valence-electron chi connectivity index (χ3n) is 3.47. The van der Waals surface area contributed by atoms with Gasteiger partial charge in [0.1, 0.15) is 0 Å². The van der Waals surface area contributed by atoms with Crippen LogP contribution in [0.1, 0.15) is 42.6 Å². The molecule has 0 bridgehead atoms. The Balaban J connectivity index is 0.00000120. The van der Waals surface area contributed by atoms with Crippen LogP contribution in [-0.2, 0) is 5.54 Å². The third kappa shape index (κ3) is 2.81. The van der Waals surface area contributed by atoms with E-state index in [1.54, 1.807) is 0 Å². The summed E-state index contributed by atoms with van der Waals surface area (Å²) in [5.74, 6) is 4.96. The molecule has 1 saturated carbocycles. The normalized spacial score (nSPS) is 26.8. The van der Waals surface area contributed by atoms with Crippen LogP contribution < -0.4 is 5.73 Å². The molecule has 1 saturated heterocycles. The van der Waals surface area contributed by atoms with E-state index in [2.05, 4.69) is 10.1 Å². The molecule has 1 aliphatic heterocycles. The first-order valence-electron chi connectivity index (χ1n) is 6.10. The van der Waals surface area contributed by atoms with Gasteiger partial charge in [-0.25, -0.2) is 0 Å². The average molecular weight is 308 g/mol. The maximum atomic E-state index is 6.33. The molecule has 4 nitrogen and oxygen atoms in total. The summed E-state index contributed by atoms with van der Waals surface area (Å²) in [6, 6.07) is 0. The molecule has 0 amide bonds. The van der Waals surface area contributed by atoms with Crippen molar-refractivity contribution in [1.29, 1.82) is 0 Å². The van der Waals surface area contributed by atoms with Crippen molar-refractivity contribution in [2.24, 2.45) is 5.73 Å². The summed E-state index contributed by atoms with van der Waals surface area (Å²) in [6.07, 6.45) is 4.32. The van der Waals surface area contributed by atoms with Crippen LogP contribution in [0.2, 0.25) is 0 Å². The minimum absolute atomic E-state index is 0. The summed E-state index contributed by atoms with van der Waals surface area (Å²) in [6.45, 7) is 0. The van der Waals surface area contributed by atoms with E-state index in [0.717, 1.165) is 30.3 Å². The number of halogens is 1. The zero-order chi connectivity index (χ0) is 11.7. The maximum Gasteiger partial charge on any atom is 0.240 e. The molecule has 1 atom stereocenters. The summed E-state index contributed by atoms with van der Waals surface area (Å²) in [5, 5.41) is 4.47. The SMILES string of the molecule is Cl.NC1(c2noc(C3CSCCS3)n2)CCCC1. The average Bonchev–Trinajstić information content (AvgIpc) is 2.99. The standard InChI is InChI=1S/C11H17N3OS2.ClH/c12-11(3-1-2-4-11)10-13-9(15-14-10)8-7-16-5-6-17-8;/h8H,1-7,12H2;1H. The van der Waals surface area contributed by atoms with Gasteiger partial charge in [-0.1, -0.05) is 18.0 Å². The fourth-order valence-electron chi connectivity index (χ4n) is 2.43. The molecule has 0 spiro atoms. The van der Waals surface area contributed by atoms with Crippen LogP contribution in [-0.4, -0.2) is 27.4 Å². The van der Waals surface area contributed by atoms with Crippen LogP contribution in [0.3, 0.4) is 0 Å². The predicted molar refractivity (Wildman–Crippen MR) is 78.4 cm³/mol. The van der Waals surface area contributed by atoms with Crippen molar-refractivity contribution in [3.05, 3.63) is 11.7 Å². The molecule has 1 aromatic rings. The summed E-state index contributed by atoms with van der Waals surface area (Å²) >= 11 is 3.87. The first-order chi connectivity index (χ1) is 8.28. The fourth-order valence-corrected chi connectivity index (χ4v) is 5.00. The van der Waals surface area contributed by atoms with Gasteiger partial charge in [0.05, 0.1) is 10.8 Å². The van der Waals surface area contributed by atoms with Crippen molar-refractivity contribution in [2.75, 3.05) is 17.3 Å². The Morgan fingerprint density at radius 2 is 2.06 bits per heavy atom. The van der Waals surface area contributed by atoms with Crippen LogP contribution >= 0.6 is 35.9 Å². The van der Waals surface area contributed by atoms with Crippen LogP contribution in [0, 0.1) is 0 Å². The number of thioether (sulfide) groups is 2. The van der Waals surface area contributed by atoms with E-state index in [0.29, 0.717) is 5.25 Å². The minimum atomic E-state index is -0.325. The van der Waals surface area contributed by atoms with Crippen molar-refractivity contribution in [3.8, 4) is 0 Å². The molecule has 2 N–H and O–H groups in total. The Kier molecular flexibility index (Phi) is 4.86. The lowest BCUT2D eigenvalue weighted by molar-refractivity contribution is 0.350. The van der Waals surface area contributed by atoms with Crippen LogP contribution in [0.5, 0.6) is 0 Å². The van der Waals surface area contributed by atoms with Gasteiger partial charge in [-0.15, -0.1) is 24.2 Å². The minimum Gasteiger partial charge on any atom is -0.338 e. The van der Waals surface area contributed by atoms with Crippen LogP contribution in [0.25, 0.3) is 0 Å². The Bertz CT molecular complexity index is 389. The van der Waals surface area contributed by atoms with Gasteiger partial charge in [-0.05, 0) is 12.8 Å². The lowest BCUT2D eigenvalue weighted by Gasteiger charge is -2.18. The number of aromatic nitrogens is 2. The van der Waals surface area contributed by atoms with E-state index >= 15 is 0 Å². The topological polar surface area (TPSA) is 64.9 Å². The Labute approximate surface area is 122 Å². The molecule has 0 radical (unpaired) electrons. The van der Waals surface area contributed by atoms with Gasteiger partial charge >= 0.3 is 0 Å². The van der Waals surface area contributed by atoms with E-state index in [1.807, 2.05) is 23.5 Å². The van der Waals surface area contributed by atoms with E-state index in [4.69, 9.17) is 10.3 Å². The molecule has 0 aromatic carbocycles. The first-order valence-corrected chi connectivity index (χ1v) is 8.31. The second-order valence-corrected chi connectivity index (χ2v) is 7.21. The summed E-state index contributed by atoms with van der Waals surface area (Å²) in [7, 11) is 0. The van der Waals surface area contributed by atoms with Gasteiger partial charge < -0.3 is 10.3 Å². The predicted octanol–water partition coefficient (Wildman–Crippen LogP) is 2.74. The van der Waals surface area contributed by atoms with Gasteiger partial charge in [-0.2, -0.15) is 16.7 Å². The monoisotopic (exact) mass is 307 g/mol. The lowest BCUT2D eigenvalue weighted by Crippen LogP contribution is -2.34. The van der Waals surface area contributed by atoms with Gasteiger partial charge in [0, 0.05) is 17.3 Å². The zero-order valence-corrected chi connectivity index (χ0v) is 12.6. The lowest BCUT2D eigenvalue weighted by atomic mass is 9.99. The third-order valence-corrected chi connectivity index (χ3v) is 6.22.